The molecular formula is C46H88O3. The Morgan fingerprint density at radius 2 is 0.673 bits per heavy atom. The number of allylic oxidation sites excluding steroid dienone is 8. The van der Waals surface area contributed by atoms with Gasteiger partial charge in [0.2, 0.25) is 0 Å². The first kappa shape index (κ1) is 51.9. The van der Waals surface area contributed by atoms with Crippen LogP contribution in [0.4, 0.5) is 0 Å². The summed E-state index contributed by atoms with van der Waals surface area (Å²) in [7, 11) is 5.21. The van der Waals surface area contributed by atoms with E-state index in [4.69, 9.17) is 9.47 Å². The van der Waals surface area contributed by atoms with Gasteiger partial charge in [-0.15, -0.1) is 6.58 Å². The number of ether oxygens (including phenoxy) is 3. The third kappa shape index (κ3) is 62.2. The summed E-state index contributed by atoms with van der Waals surface area (Å²) in [6.45, 7) is 10.4. The number of hydrogen-bond donors (Lipinski definition) is 0. The highest BCUT2D eigenvalue weighted by molar-refractivity contribution is 5.10. The van der Waals surface area contributed by atoms with E-state index >= 15 is 0 Å². The molecule has 290 valence electrons. The van der Waals surface area contributed by atoms with Crippen LogP contribution in [-0.2, 0) is 14.2 Å². The van der Waals surface area contributed by atoms with Crippen LogP contribution >= 0.6 is 0 Å². The van der Waals surface area contributed by atoms with Gasteiger partial charge in [-0.1, -0.05) is 191 Å². The lowest BCUT2D eigenvalue weighted by atomic mass is 10.1. The molecule has 0 spiro atoms. The highest BCUT2D eigenvalue weighted by atomic mass is 16.5. The molecule has 49 heavy (non-hydrogen) atoms. The van der Waals surface area contributed by atoms with Gasteiger partial charge in [-0.2, -0.15) is 0 Å². The van der Waals surface area contributed by atoms with Gasteiger partial charge < -0.3 is 14.2 Å². The Balaban J connectivity index is -0.000000766. The molecule has 0 unspecified atom stereocenters. The Bertz CT molecular complexity index is 663. The number of methoxy groups -OCH3 is 3. The summed E-state index contributed by atoms with van der Waals surface area (Å²) < 4.78 is 14.7. The van der Waals surface area contributed by atoms with Crippen LogP contribution in [0.15, 0.2) is 61.3 Å². The molecule has 0 saturated heterocycles. The highest BCUT2D eigenvalue weighted by Crippen LogP contribution is 2.12. The molecule has 0 atom stereocenters. The van der Waals surface area contributed by atoms with Crippen LogP contribution < -0.4 is 0 Å². The van der Waals surface area contributed by atoms with Crippen LogP contribution in [0.2, 0.25) is 0 Å². The van der Waals surface area contributed by atoms with Crippen molar-refractivity contribution in [3.63, 3.8) is 0 Å². The fraction of sp³-hybridized carbons (Fsp3) is 0.783. The lowest BCUT2D eigenvalue weighted by Crippen LogP contribution is -1.88. The largest absolute Gasteiger partial charge is 0.385 e. The van der Waals surface area contributed by atoms with E-state index < -0.39 is 0 Å². The molecule has 0 fully saturated rings. The maximum absolute atomic E-state index is 5.07. The molecule has 0 heterocycles. The smallest absolute Gasteiger partial charge is 0.0641 e. The highest BCUT2D eigenvalue weighted by Gasteiger charge is 1.93. The van der Waals surface area contributed by atoms with Crippen molar-refractivity contribution < 1.29 is 14.2 Å². The van der Waals surface area contributed by atoms with Gasteiger partial charge in [0.25, 0.3) is 0 Å². The summed E-state index contributed by atoms with van der Waals surface area (Å²) >= 11 is 0. The Morgan fingerprint density at radius 3 is 1.00 bits per heavy atom. The molecule has 0 aliphatic carbocycles. The first-order valence-corrected chi connectivity index (χ1v) is 21.0. The topological polar surface area (TPSA) is 27.7 Å². The molecule has 0 aromatic rings. The Hall–Kier alpha value is -1.42. The van der Waals surface area contributed by atoms with Crippen LogP contribution in [0.25, 0.3) is 0 Å². The van der Waals surface area contributed by atoms with Crippen molar-refractivity contribution in [1.82, 2.24) is 0 Å². The molecule has 0 N–H and O–H groups in total. The van der Waals surface area contributed by atoms with E-state index in [-0.39, 0.29) is 0 Å². The van der Waals surface area contributed by atoms with Gasteiger partial charge in [-0.3, -0.25) is 0 Å². The summed E-state index contributed by atoms with van der Waals surface area (Å²) in [5.74, 6) is 0. The van der Waals surface area contributed by atoms with Crippen LogP contribution in [0.3, 0.4) is 0 Å². The third-order valence-corrected chi connectivity index (χ3v) is 8.44. The predicted molar refractivity (Wildman–Crippen MR) is 223 cm³/mol. The fourth-order valence-corrected chi connectivity index (χ4v) is 5.33. The lowest BCUT2D eigenvalue weighted by molar-refractivity contribution is 0.192. The van der Waals surface area contributed by atoms with Crippen LogP contribution in [-0.4, -0.2) is 41.2 Å². The molecule has 0 radical (unpaired) electrons. The SMILES string of the molecule is C=CCOC.CCCC/C=C/C=C/C=C\CCCCCCCCOC.CCCCCCCCCCCC/C=C\CCCCCCCCOC. The van der Waals surface area contributed by atoms with Gasteiger partial charge in [0.05, 0.1) is 6.61 Å². The van der Waals surface area contributed by atoms with Gasteiger partial charge in [-0.25, -0.2) is 0 Å². The van der Waals surface area contributed by atoms with Gasteiger partial charge in [0.15, 0.2) is 0 Å². The van der Waals surface area contributed by atoms with Gasteiger partial charge in [0.1, 0.15) is 0 Å². The normalized spacial score (nSPS) is 11.4. The molecule has 0 bridgehead atoms. The van der Waals surface area contributed by atoms with Crippen LogP contribution in [0.1, 0.15) is 194 Å². The van der Waals surface area contributed by atoms with E-state index in [9.17, 15) is 0 Å². The summed E-state index contributed by atoms with van der Waals surface area (Å²) in [6, 6.07) is 0. The van der Waals surface area contributed by atoms with Crippen molar-refractivity contribution in [3.8, 4) is 0 Å². The Kier molecular flexibility index (Phi) is 59.3. The standard InChI is InChI=1S/C23H46O.C19H34O.C4H8O/c1-3-4-5-6-7-8-9-10-11-12-13-14-15-16-17-18-19-20-21-22-23-24-2;1-3-4-5-6-7-8-9-10-11-12-13-14-15-16-17-18-19-20-2;1-3-4-5-2/h14-15H,3-13,16-23H2,1-2H3;6-11H,3-5,12-19H2,1-2H3;3H,1,4H2,2H3/b15-14-;7-6+,9-8+,11-10-;. The van der Waals surface area contributed by atoms with E-state index in [0.29, 0.717) is 6.61 Å². The summed E-state index contributed by atoms with van der Waals surface area (Å²) in [6.07, 6.45) is 57.7. The van der Waals surface area contributed by atoms with Crippen molar-refractivity contribution in [2.45, 2.75) is 194 Å². The van der Waals surface area contributed by atoms with Crippen molar-refractivity contribution in [1.29, 1.82) is 0 Å². The third-order valence-electron chi connectivity index (χ3n) is 8.44. The average Bonchev–Trinajstić information content (AvgIpc) is 3.11. The monoisotopic (exact) mass is 689 g/mol. The van der Waals surface area contributed by atoms with E-state index in [2.05, 4.69) is 73.8 Å². The van der Waals surface area contributed by atoms with Crippen LogP contribution in [0, 0.1) is 0 Å². The number of hydrogen-bond acceptors (Lipinski definition) is 3. The summed E-state index contributed by atoms with van der Waals surface area (Å²) in [5, 5.41) is 0. The number of unbranched alkanes of at least 4 members (excludes halogenated alkanes) is 24. The minimum atomic E-state index is 0.653. The second-order valence-electron chi connectivity index (χ2n) is 13.4. The van der Waals surface area contributed by atoms with Crippen molar-refractivity contribution >= 4 is 0 Å². The van der Waals surface area contributed by atoms with Crippen molar-refractivity contribution in [2.24, 2.45) is 0 Å². The predicted octanol–water partition coefficient (Wildman–Crippen LogP) is 15.3. The first-order chi connectivity index (χ1) is 24.2. The summed E-state index contributed by atoms with van der Waals surface area (Å²) in [5.41, 5.74) is 0. The van der Waals surface area contributed by atoms with E-state index in [1.807, 2.05) is 0 Å². The lowest BCUT2D eigenvalue weighted by Gasteiger charge is -2.01. The maximum atomic E-state index is 5.07. The second kappa shape index (κ2) is 56.0. The molecule has 0 aromatic heterocycles. The number of rotatable bonds is 36. The Labute approximate surface area is 309 Å². The van der Waals surface area contributed by atoms with Gasteiger partial charge >= 0.3 is 0 Å². The van der Waals surface area contributed by atoms with Gasteiger partial charge in [-0.05, 0) is 57.8 Å². The zero-order chi connectivity index (χ0) is 36.4. The van der Waals surface area contributed by atoms with Gasteiger partial charge in [0, 0.05) is 34.5 Å². The second-order valence-corrected chi connectivity index (χ2v) is 13.4. The van der Waals surface area contributed by atoms with Crippen molar-refractivity contribution in [3.05, 3.63) is 61.3 Å². The molecule has 3 heteroatoms. The molecule has 0 amide bonds. The van der Waals surface area contributed by atoms with Crippen LogP contribution in [0.5, 0.6) is 0 Å². The maximum Gasteiger partial charge on any atom is 0.0641 e. The molecule has 0 saturated carbocycles. The molecule has 0 aliphatic rings. The fourth-order valence-electron chi connectivity index (χ4n) is 5.33. The molecule has 0 aromatic carbocycles. The minimum Gasteiger partial charge on any atom is -0.385 e. The summed E-state index contributed by atoms with van der Waals surface area (Å²) in [4.78, 5) is 0. The quantitative estimate of drug-likeness (QED) is 0.0372. The molecule has 0 rings (SSSR count). The van der Waals surface area contributed by atoms with E-state index in [1.165, 1.54) is 180 Å². The minimum absolute atomic E-state index is 0.653. The zero-order valence-corrected chi connectivity index (χ0v) is 34.0. The molecule has 0 aliphatic heterocycles. The first-order valence-electron chi connectivity index (χ1n) is 21.0. The van der Waals surface area contributed by atoms with Crippen molar-refractivity contribution in [2.75, 3.05) is 41.2 Å². The van der Waals surface area contributed by atoms with E-state index in [1.54, 1.807) is 27.4 Å². The van der Waals surface area contributed by atoms with E-state index in [0.717, 1.165) is 13.2 Å². The molecular weight excluding hydrogens is 601 g/mol. The Morgan fingerprint density at radius 1 is 0.347 bits per heavy atom. The average molecular weight is 689 g/mol. The molecule has 3 nitrogen and oxygen atoms in total. The zero-order valence-electron chi connectivity index (χ0n) is 34.0.